The van der Waals surface area contributed by atoms with Gasteiger partial charge in [0.15, 0.2) is 6.10 Å². The lowest BCUT2D eigenvalue weighted by atomic mass is 10.1. The number of hydrogen-bond acceptors (Lipinski definition) is 4. The quantitative estimate of drug-likeness (QED) is 0.661. The van der Waals surface area contributed by atoms with Crippen LogP contribution in [0.3, 0.4) is 0 Å². The summed E-state index contributed by atoms with van der Waals surface area (Å²) in [5, 5.41) is 18.6. The Morgan fingerprint density at radius 3 is 2.80 bits per heavy atom. The highest BCUT2D eigenvalue weighted by Gasteiger charge is 2.35. The summed E-state index contributed by atoms with van der Waals surface area (Å²) >= 11 is 0. The van der Waals surface area contributed by atoms with Crippen LogP contribution in [0.2, 0.25) is 0 Å². The van der Waals surface area contributed by atoms with Gasteiger partial charge in [-0.3, -0.25) is 4.90 Å². The summed E-state index contributed by atoms with van der Waals surface area (Å²) in [6, 6.07) is 0.135. The molecule has 3 unspecified atom stereocenters. The summed E-state index contributed by atoms with van der Waals surface area (Å²) in [4.78, 5) is 12.8. The molecule has 0 radical (unpaired) electrons. The van der Waals surface area contributed by atoms with E-state index in [-0.39, 0.29) is 12.1 Å². The fraction of sp³-hybridized carbons (Fsp3) is 0.900. The van der Waals surface area contributed by atoms with E-state index in [1.807, 2.05) is 0 Å². The van der Waals surface area contributed by atoms with E-state index in [2.05, 4.69) is 4.90 Å². The number of aliphatic carboxylic acids is 1. The second kappa shape index (κ2) is 4.47. The molecule has 0 amide bonds. The monoisotopic (exact) mass is 215 g/mol. The Labute approximate surface area is 88.6 Å². The molecule has 0 aromatic rings. The third-order valence-corrected chi connectivity index (χ3v) is 3.29. The van der Waals surface area contributed by atoms with Crippen LogP contribution in [0.15, 0.2) is 0 Å². The third kappa shape index (κ3) is 2.30. The largest absolute Gasteiger partial charge is 0.479 e. The van der Waals surface area contributed by atoms with Crippen LogP contribution in [0.25, 0.3) is 0 Å². The Morgan fingerprint density at radius 2 is 2.20 bits per heavy atom. The number of aliphatic hydroxyl groups is 1. The molecule has 3 atom stereocenters. The summed E-state index contributed by atoms with van der Waals surface area (Å²) in [6.07, 6.45) is 1.80. The minimum Gasteiger partial charge on any atom is -0.479 e. The molecule has 5 heteroatoms. The highest BCUT2D eigenvalue weighted by atomic mass is 16.5. The van der Waals surface area contributed by atoms with E-state index in [0.717, 1.165) is 25.8 Å². The van der Waals surface area contributed by atoms with Crippen molar-refractivity contribution in [3.05, 3.63) is 0 Å². The van der Waals surface area contributed by atoms with Gasteiger partial charge in [0, 0.05) is 19.1 Å². The van der Waals surface area contributed by atoms with Crippen molar-refractivity contribution in [3.8, 4) is 0 Å². The number of rotatable bonds is 2. The average Bonchev–Trinajstić information content (AvgIpc) is 2.64. The molecular weight excluding hydrogens is 198 g/mol. The normalized spacial score (nSPS) is 38.1. The lowest BCUT2D eigenvalue weighted by Crippen LogP contribution is -2.52. The second-order valence-electron chi connectivity index (χ2n) is 4.26. The number of nitrogens with zero attached hydrogens (tertiary/aromatic N) is 1. The van der Waals surface area contributed by atoms with Crippen LogP contribution in [0.4, 0.5) is 0 Å². The Morgan fingerprint density at radius 1 is 1.40 bits per heavy atom. The molecule has 1 aliphatic carbocycles. The summed E-state index contributed by atoms with van der Waals surface area (Å²) in [5.41, 5.74) is 0. The maximum atomic E-state index is 10.8. The Bertz CT molecular complexity index is 246. The van der Waals surface area contributed by atoms with Crippen LogP contribution in [-0.2, 0) is 9.53 Å². The topological polar surface area (TPSA) is 70.0 Å². The van der Waals surface area contributed by atoms with Crippen LogP contribution >= 0.6 is 0 Å². The van der Waals surface area contributed by atoms with E-state index in [9.17, 15) is 9.90 Å². The van der Waals surface area contributed by atoms with Crippen molar-refractivity contribution in [2.75, 3.05) is 19.7 Å². The van der Waals surface area contributed by atoms with Crippen molar-refractivity contribution >= 4 is 5.97 Å². The van der Waals surface area contributed by atoms with Crippen molar-refractivity contribution in [1.29, 1.82) is 0 Å². The van der Waals surface area contributed by atoms with Gasteiger partial charge in [0.1, 0.15) is 0 Å². The molecular formula is C10H17NO4. The zero-order valence-corrected chi connectivity index (χ0v) is 8.63. The standard InChI is InChI=1S/C10H17NO4/c12-8-3-1-2-7(8)11-4-5-15-9(6-11)10(13)14/h7-9,12H,1-6H2,(H,13,14). The lowest BCUT2D eigenvalue weighted by molar-refractivity contribution is -0.158. The minimum absolute atomic E-state index is 0.135. The van der Waals surface area contributed by atoms with Gasteiger partial charge >= 0.3 is 5.97 Å². The summed E-state index contributed by atoms with van der Waals surface area (Å²) in [7, 11) is 0. The SMILES string of the molecule is O=C(O)C1CN(C2CCCC2O)CCO1. The number of carboxylic acid groups (broad SMARTS) is 1. The molecule has 0 aromatic heterocycles. The molecule has 1 aliphatic heterocycles. The molecule has 2 N–H and O–H groups in total. The second-order valence-corrected chi connectivity index (χ2v) is 4.26. The van der Waals surface area contributed by atoms with E-state index in [1.54, 1.807) is 0 Å². The van der Waals surface area contributed by atoms with Crippen molar-refractivity contribution in [1.82, 2.24) is 4.90 Å². The number of ether oxygens (including phenoxy) is 1. The Hall–Kier alpha value is -0.650. The molecule has 1 heterocycles. The fourth-order valence-corrected chi connectivity index (χ4v) is 2.47. The van der Waals surface area contributed by atoms with Crippen molar-refractivity contribution in [3.63, 3.8) is 0 Å². The van der Waals surface area contributed by atoms with Gasteiger partial charge in [-0.05, 0) is 19.3 Å². The molecule has 2 fully saturated rings. The maximum Gasteiger partial charge on any atom is 0.334 e. The lowest BCUT2D eigenvalue weighted by Gasteiger charge is -2.36. The molecule has 5 nitrogen and oxygen atoms in total. The maximum absolute atomic E-state index is 10.8. The molecule has 0 spiro atoms. The van der Waals surface area contributed by atoms with Crippen molar-refractivity contribution < 1.29 is 19.7 Å². The first-order chi connectivity index (χ1) is 7.18. The Balaban J connectivity index is 1.94. The van der Waals surface area contributed by atoms with Crippen LogP contribution in [0.1, 0.15) is 19.3 Å². The molecule has 0 bridgehead atoms. The van der Waals surface area contributed by atoms with Gasteiger partial charge in [0.05, 0.1) is 12.7 Å². The zero-order valence-electron chi connectivity index (χ0n) is 8.63. The van der Waals surface area contributed by atoms with Gasteiger partial charge in [0.2, 0.25) is 0 Å². The molecule has 15 heavy (non-hydrogen) atoms. The third-order valence-electron chi connectivity index (χ3n) is 3.29. The first-order valence-electron chi connectivity index (χ1n) is 5.45. The van der Waals surface area contributed by atoms with E-state index < -0.39 is 12.1 Å². The highest BCUT2D eigenvalue weighted by molar-refractivity contribution is 5.72. The van der Waals surface area contributed by atoms with Gasteiger partial charge < -0.3 is 14.9 Å². The van der Waals surface area contributed by atoms with Crippen molar-refractivity contribution in [2.24, 2.45) is 0 Å². The van der Waals surface area contributed by atoms with Gasteiger partial charge in [-0.25, -0.2) is 4.79 Å². The van der Waals surface area contributed by atoms with Crippen LogP contribution in [-0.4, -0.2) is 59.0 Å². The van der Waals surface area contributed by atoms with E-state index in [4.69, 9.17) is 9.84 Å². The van der Waals surface area contributed by atoms with Gasteiger partial charge in [-0.2, -0.15) is 0 Å². The van der Waals surface area contributed by atoms with Gasteiger partial charge in [-0.15, -0.1) is 0 Å². The smallest absolute Gasteiger partial charge is 0.334 e. The van der Waals surface area contributed by atoms with Crippen LogP contribution < -0.4 is 0 Å². The molecule has 2 rings (SSSR count). The summed E-state index contributed by atoms with van der Waals surface area (Å²) < 4.78 is 5.14. The number of hydrogen-bond donors (Lipinski definition) is 2. The number of carboxylic acids is 1. The van der Waals surface area contributed by atoms with Crippen molar-refractivity contribution in [2.45, 2.75) is 37.5 Å². The molecule has 2 aliphatic rings. The fourth-order valence-electron chi connectivity index (χ4n) is 2.47. The minimum atomic E-state index is -0.910. The van der Waals surface area contributed by atoms with E-state index >= 15 is 0 Å². The van der Waals surface area contributed by atoms with E-state index in [0.29, 0.717) is 13.2 Å². The Kier molecular flexibility index (Phi) is 3.23. The first kappa shape index (κ1) is 10.9. The zero-order chi connectivity index (χ0) is 10.8. The predicted octanol–water partition coefficient (Wildman–Crippen LogP) is -0.315. The molecule has 1 saturated carbocycles. The van der Waals surface area contributed by atoms with Crippen LogP contribution in [0, 0.1) is 0 Å². The highest BCUT2D eigenvalue weighted by Crippen LogP contribution is 2.25. The van der Waals surface area contributed by atoms with E-state index in [1.165, 1.54) is 0 Å². The average molecular weight is 215 g/mol. The summed E-state index contributed by atoms with van der Waals surface area (Å²) in [5.74, 6) is -0.910. The van der Waals surface area contributed by atoms with Gasteiger partial charge in [-0.1, -0.05) is 0 Å². The van der Waals surface area contributed by atoms with Crippen LogP contribution in [0.5, 0.6) is 0 Å². The predicted molar refractivity (Wildman–Crippen MR) is 52.6 cm³/mol. The molecule has 1 saturated heterocycles. The number of morpholine rings is 1. The molecule has 0 aromatic carbocycles. The first-order valence-corrected chi connectivity index (χ1v) is 5.45. The number of carbonyl (C=O) groups is 1. The van der Waals surface area contributed by atoms with Gasteiger partial charge in [0.25, 0.3) is 0 Å². The number of aliphatic hydroxyl groups excluding tert-OH is 1. The summed E-state index contributed by atoms with van der Waals surface area (Å²) in [6.45, 7) is 1.57. The molecule has 86 valence electrons.